The number of rotatable bonds is 7. The number of nitrogens with one attached hydrogen (secondary N) is 1. The molecular formula is C21H27N3O2S2. The van der Waals surface area contributed by atoms with Crippen molar-refractivity contribution in [2.75, 3.05) is 19.6 Å². The molecule has 0 saturated carbocycles. The highest BCUT2D eigenvalue weighted by molar-refractivity contribution is 7.10. The summed E-state index contributed by atoms with van der Waals surface area (Å²) in [6.45, 7) is 5.93. The Bertz CT molecular complexity index is 811. The van der Waals surface area contributed by atoms with Gasteiger partial charge in [-0.15, -0.1) is 22.7 Å². The van der Waals surface area contributed by atoms with E-state index in [9.17, 15) is 9.59 Å². The van der Waals surface area contributed by atoms with Gasteiger partial charge in [0.25, 0.3) is 0 Å². The SMILES string of the molecule is CC(C)C(=O)NCCc1csc([C@@H]2CCCN(C(=O)/C=C/c3cccs3)C2)n1. The summed E-state index contributed by atoms with van der Waals surface area (Å²) >= 11 is 3.30. The van der Waals surface area contributed by atoms with Gasteiger partial charge < -0.3 is 10.2 Å². The monoisotopic (exact) mass is 417 g/mol. The molecule has 5 nitrogen and oxygen atoms in total. The third-order valence-corrected chi connectivity index (χ3v) is 6.68. The number of aromatic nitrogens is 1. The molecular weight excluding hydrogens is 390 g/mol. The van der Waals surface area contributed by atoms with E-state index in [0.29, 0.717) is 12.5 Å². The molecule has 1 saturated heterocycles. The van der Waals surface area contributed by atoms with Crippen LogP contribution in [0, 0.1) is 5.92 Å². The molecule has 1 N–H and O–H groups in total. The molecule has 3 heterocycles. The number of hydrogen-bond acceptors (Lipinski definition) is 5. The Balaban J connectivity index is 1.52. The summed E-state index contributed by atoms with van der Waals surface area (Å²) in [6.07, 6.45) is 6.38. The zero-order chi connectivity index (χ0) is 19.9. The molecule has 1 atom stereocenters. The van der Waals surface area contributed by atoms with Gasteiger partial charge in [0.15, 0.2) is 0 Å². The molecule has 0 spiro atoms. The highest BCUT2D eigenvalue weighted by Crippen LogP contribution is 2.29. The number of thiophene rings is 1. The molecule has 0 bridgehead atoms. The van der Waals surface area contributed by atoms with E-state index >= 15 is 0 Å². The normalized spacial score (nSPS) is 17.4. The van der Waals surface area contributed by atoms with E-state index in [1.165, 1.54) is 0 Å². The van der Waals surface area contributed by atoms with Gasteiger partial charge in [-0.1, -0.05) is 19.9 Å². The fourth-order valence-electron chi connectivity index (χ4n) is 3.17. The molecule has 2 amide bonds. The standard InChI is InChI=1S/C21H27N3O2S2/c1-15(2)20(26)22-10-9-17-14-28-21(23-17)16-5-3-11-24(13-16)19(25)8-7-18-6-4-12-27-18/h4,6-8,12,14-16H,3,5,9-11,13H2,1-2H3,(H,22,26)/b8-7+/t16-/m1/s1. The molecule has 1 aliphatic rings. The summed E-state index contributed by atoms with van der Waals surface area (Å²) in [4.78, 5) is 32.0. The summed E-state index contributed by atoms with van der Waals surface area (Å²) < 4.78 is 0. The number of likely N-dealkylation sites (tertiary alicyclic amines) is 1. The Kier molecular flexibility index (Phi) is 7.39. The minimum Gasteiger partial charge on any atom is -0.355 e. The van der Waals surface area contributed by atoms with Crippen LogP contribution in [0.25, 0.3) is 6.08 Å². The Hall–Kier alpha value is -1.99. The molecule has 2 aromatic heterocycles. The van der Waals surface area contributed by atoms with E-state index in [0.717, 1.165) is 47.9 Å². The first kappa shape index (κ1) is 20.7. The van der Waals surface area contributed by atoms with Crippen molar-refractivity contribution in [3.63, 3.8) is 0 Å². The number of carbonyl (C=O) groups excluding carboxylic acids is 2. The van der Waals surface area contributed by atoms with Crippen molar-refractivity contribution in [2.24, 2.45) is 5.92 Å². The maximum atomic E-state index is 12.5. The van der Waals surface area contributed by atoms with E-state index < -0.39 is 0 Å². The van der Waals surface area contributed by atoms with Crippen LogP contribution in [-0.4, -0.2) is 41.3 Å². The Morgan fingerprint density at radius 2 is 2.25 bits per heavy atom. The number of amides is 2. The summed E-state index contributed by atoms with van der Waals surface area (Å²) in [5.74, 6) is 0.459. The van der Waals surface area contributed by atoms with Crippen LogP contribution < -0.4 is 5.32 Å². The van der Waals surface area contributed by atoms with E-state index in [1.807, 2.05) is 42.3 Å². The average Bonchev–Trinajstić information content (AvgIpc) is 3.38. The zero-order valence-electron chi connectivity index (χ0n) is 16.4. The van der Waals surface area contributed by atoms with Crippen LogP contribution >= 0.6 is 22.7 Å². The van der Waals surface area contributed by atoms with Crippen LogP contribution in [0.15, 0.2) is 29.0 Å². The number of carbonyl (C=O) groups is 2. The van der Waals surface area contributed by atoms with Gasteiger partial charge in [0.05, 0.1) is 10.7 Å². The van der Waals surface area contributed by atoms with E-state index in [-0.39, 0.29) is 17.7 Å². The summed E-state index contributed by atoms with van der Waals surface area (Å²) in [5.41, 5.74) is 1.02. The van der Waals surface area contributed by atoms with Gasteiger partial charge in [0, 0.05) is 54.2 Å². The maximum Gasteiger partial charge on any atom is 0.246 e. The fourth-order valence-corrected chi connectivity index (χ4v) is 4.77. The van der Waals surface area contributed by atoms with Crippen molar-refractivity contribution in [3.05, 3.63) is 44.5 Å². The topological polar surface area (TPSA) is 62.3 Å². The summed E-state index contributed by atoms with van der Waals surface area (Å²) in [6, 6.07) is 3.99. The smallest absolute Gasteiger partial charge is 0.246 e. The van der Waals surface area contributed by atoms with Crippen molar-refractivity contribution in [2.45, 2.75) is 39.0 Å². The van der Waals surface area contributed by atoms with Gasteiger partial charge in [0.1, 0.15) is 0 Å². The second-order valence-electron chi connectivity index (χ2n) is 7.34. The Labute approximate surface area is 174 Å². The van der Waals surface area contributed by atoms with Crippen LogP contribution in [0.1, 0.15) is 48.2 Å². The first-order chi connectivity index (χ1) is 13.5. The molecule has 1 fully saturated rings. The fraction of sp³-hybridized carbons (Fsp3) is 0.476. The van der Waals surface area contributed by atoms with E-state index in [1.54, 1.807) is 28.7 Å². The molecule has 150 valence electrons. The van der Waals surface area contributed by atoms with Crippen LogP contribution in [0.5, 0.6) is 0 Å². The number of hydrogen-bond donors (Lipinski definition) is 1. The molecule has 7 heteroatoms. The first-order valence-electron chi connectivity index (χ1n) is 9.75. The van der Waals surface area contributed by atoms with Crippen molar-refractivity contribution >= 4 is 40.6 Å². The lowest BCUT2D eigenvalue weighted by molar-refractivity contribution is -0.127. The molecule has 0 aliphatic carbocycles. The molecule has 0 unspecified atom stereocenters. The quantitative estimate of drug-likeness (QED) is 0.694. The molecule has 1 aliphatic heterocycles. The predicted octanol–water partition coefficient (Wildman–Crippen LogP) is 3.94. The van der Waals surface area contributed by atoms with Crippen molar-refractivity contribution in [3.8, 4) is 0 Å². The van der Waals surface area contributed by atoms with Gasteiger partial charge in [-0.25, -0.2) is 4.98 Å². The van der Waals surface area contributed by atoms with E-state index in [4.69, 9.17) is 4.98 Å². The van der Waals surface area contributed by atoms with Crippen molar-refractivity contribution in [1.29, 1.82) is 0 Å². The van der Waals surface area contributed by atoms with Gasteiger partial charge in [-0.3, -0.25) is 9.59 Å². The zero-order valence-corrected chi connectivity index (χ0v) is 18.0. The highest BCUT2D eigenvalue weighted by atomic mass is 32.1. The van der Waals surface area contributed by atoms with Crippen LogP contribution in [0.4, 0.5) is 0 Å². The second kappa shape index (κ2) is 9.98. The van der Waals surface area contributed by atoms with Crippen LogP contribution in [0.3, 0.4) is 0 Å². The first-order valence-corrected chi connectivity index (χ1v) is 11.5. The third kappa shape index (κ3) is 5.75. The van der Waals surface area contributed by atoms with Gasteiger partial charge in [-0.2, -0.15) is 0 Å². The number of thiazole rings is 1. The summed E-state index contributed by atoms with van der Waals surface area (Å²) in [7, 11) is 0. The lowest BCUT2D eigenvalue weighted by Crippen LogP contribution is -2.38. The third-order valence-electron chi connectivity index (χ3n) is 4.79. The van der Waals surface area contributed by atoms with Gasteiger partial charge in [0.2, 0.25) is 11.8 Å². The molecule has 28 heavy (non-hydrogen) atoms. The lowest BCUT2D eigenvalue weighted by Gasteiger charge is -2.31. The van der Waals surface area contributed by atoms with Crippen LogP contribution in [0.2, 0.25) is 0 Å². The largest absolute Gasteiger partial charge is 0.355 e. The maximum absolute atomic E-state index is 12.5. The van der Waals surface area contributed by atoms with E-state index in [2.05, 4.69) is 10.7 Å². The molecule has 3 rings (SSSR count). The predicted molar refractivity (Wildman–Crippen MR) is 116 cm³/mol. The Morgan fingerprint density at radius 3 is 3.00 bits per heavy atom. The molecule has 0 aromatic carbocycles. The number of nitrogens with zero attached hydrogens (tertiary/aromatic N) is 2. The minimum absolute atomic E-state index is 0.00520. The average molecular weight is 418 g/mol. The second-order valence-corrected chi connectivity index (χ2v) is 9.21. The van der Waals surface area contributed by atoms with Crippen LogP contribution in [-0.2, 0) is 16.0 Å². The Morgan fingerprint density at radius 1 is 1.39 bits per heavy atom. The summed E-state index contributed by atoms with van der Waals surface area (Å²) in [5, 5.41) is 8.12. The highest BCUT2D eigenvalue weighted by Gasteiger charge is 2.25. The molecule has 2 aromatic rings. The number of piperidine rings is 1. The van der Waals surface area contributed by atoms with Crippen molar-refractivity contribution < 1.29 is 9.59 Å². The lowest BCUT2D eigenvalue weighted by atomic mass is 9.98. The minimum atomic E-state index is 0.00520. The van der Waals surface area contributed by atoms with Crippen molar-refractivity contribution in [1.82, 2.24) is 15.2 Å². The van der Waals surface area contributed by atoms with Gasteiger partial charge in [-0.05, 0) is 30.4 Å². The van der Waals surface area contributed by atoms with Gasteiger partial charge >= 0.3 is 0 Å². The molecule has 0 radical (unpaired) electrons.